The fourth-order valence-electron chi connectivity index (χ4n) is 1.97. The molecule has 1 aromatic carbocycles. The molecule has 0 saturated carbocycles. The molecule has 1 N–H and O–H groups in total. The molecule has 100 valence electrons. The van der Waals surface area contributed by atoms with Crippen LogP contribution in [0.25, 0.3) is 0 Å². The number of aromatic nitrogens is 1. The zero-order valence-corrected chi connectivity index (χ0v) is 13.3. The monoisotopic (exact) mass is 338 g/mol. The first-order valence-electron chi connectivity index (χ1n) is 6.22. The predicted molar refractivity (Wildman–Crippen MR) is 83.6 cm³/mol. The summed E-state index contributed by atoms with van der Waals surface area (Å²) in [5.74, 6) is 0. The Labute approximate surface area is 127 Å². The Hall–Kier alpha value is -0.900. The molecule has 1 unspecified atom stereocenters. The van der Waals surface area contributed by atoms with Crippen LogP contribution in [-0.4, -0.2) is 11.5 Å². The molecule has 0 amide bonds. The van der Waals surface area contributed by atoms with E-state index >= 15 is 0 Å². The third-order valence-electron chi connectivity index (χ3n) is 2.95. The lowest BCUT2D eigenvalue weighted by Gasteiger charge is -2.19. The second kappa shape index (κ2) is 6.51. The molecule has 0 bridgehead atoms. The number of rotatable bonds is 4. The van der Waals surface area contributed by atoms with Gasteiger partial charge in [0.1, 0.15) is 0 Å². The lowest BCUT2D eigenvalue weighted by atomic mass is 10.00. The minimum atomic E-state index is 0.115. The third kappa shape index (κ3) is 3.56. The second-order valence-corrected chi connectivity index (χ2v) is 5.66. The summed E-state index contributed by atoms with van der Waals surface area (Å²) in [6.45, 7) is 4.96. The van der Waals surface area contributed by atoms with E-state index < -0.39 is 0 Å². The number of benzene rings is 1. The highest BCUT2D eigenvalue weighted by atomic mass is 79.9. The van der Waals surface area contributed by atoms with E-state index in [-0.39, 0.29) is 6.04 Å². The van der Waals surface area contributed by atoms with Gasteiger partial charge in [0.25, 0.3) is 0 Å². The number of nitrogens with one attached hydrogen (secondary N) is 1. The van der Waals surface area contributed by atoms with Gasteiger partial charge in [-0.15, -0.1) is 0 Å². The van der Waals surface area contributed by atoms with Gasteiger partial charge in [0.2, 0.25) is 0 Å². The molecule has 2 aromatic rings. The van der Waals surface area contributed by atoms with Gasteiger partial charge in [-0.05, 0) is 58.7 Å². The van der Waals surface area contributed by atoms with Gasteiger partial charge in [-0.1, -0.05) is 30.7 Å². The Morgan fingerprint density at radius 2 is 2.00 bits per heavy atom. The fourth-order valence-corrected chi connectivity index (χ4v) is 2.41. The van der Waals surface area contributed by atoms with Gasteiger partial charge in [0.05, 0.1) is 11.1 Å². The normalized spacial score (nSPS) is 12.4. The van der Waals surface area contributed by atoms with Gasteiger partial charge in [0, 0.05) is 16.4 Å². The largest absolute Gasteiger partial charge is 0.306 e. The standard InChI is InChI=1S/C15H16BrClN2/c1-3-18-15(12-5-4-10(2)19-9-12)11-6-7-13(16)14(17)8-11/h4-9,15,18H,3H2,1-2H3. The predicted octanol–water partition coefficient (Wildman–Crippen LogP) is 4.50. The fraction of sp³-hybridized carbons (Fsp3) is 0.267. The quantitative estimate of drug-likeness (QED) is 0.887. The van der Waals surface area contributed by atoms with E-state index in [0.29, 0.717) is 0 Å². The van der Waals surface area contributed by atoms with Crippen molar-refractivity contribution < 1.29 is 0 Å². The first-order chi connectivity index (χ1) is 9.11. The van der Waals surface area contributed by atoms with Gasteiger partial charge in [-0.3, -0.25) is 4.98 Å². The summed E-state index contributed by atoms with van der Waals surface area (Å²) < 4.78 is 0.912. The molecule has 0 saturated heterocycles. The van der Waals surface area contributed by atoms with Crippen molar-refractivity contribution in [3.63, 3.8) is 0 Å². The van der Waals surface area contributed by atoms with Crippen LogP contribution in [0.3, 0.4) is 0 Å². The number of hydrogen-bond acceptors (Lipinski definition) is 2. The summed E-state index contributed by atoms with van der Waals surface area (Å²) in [5, 5.41) is 4.19. The molecular formula is C15H16BrClN2. The lowest BCUT2D eigenvalue weighted by Crippen LogP contribution is -2.22. The number of aryl methyl sites for hydroxylation is 1. The van der Waals surface area contributed by atoms with E-state index in [1.165, 1.54) is 0 Å². The maximum Gasteiger partial charge on any atom is 0.0592 e. The molecule has 0 aliphatic heterocycles. The minimum absolute atomic E-state index is 0.115. The van der Waals surface area contributed by atoms with E-state index in [9.17, 15) is 0 Å². The Morgan fingerprint density at radius 3 is 2.58 bits per heavy atom. The molecule has 0 aliphatic carbocycles. The molecule has 2 rings (SSSR count). The van der Waals surface area contributed by atoms with Crippen LogP contribution < -0.4 is 5.32 Å². The van der Waals surface area contributed by atoms with Crippen molar-refractivity contribution >= 4 is 27.5 Å². The lowest BCUT2D eigenvalue weighted by molar-refractivity contribution is 0.628. The first kappa shape index (κ1) is 14.5. The third-order valence-corrected chi connectivity index (χ3v) is 4.19. The molecule has 4 heteroatoms. The van der Waals surface area contributed by atoms with Gasteiger partial charge in [-0.2, -0.15) is 0 Å². The Balaban J connectivity index is 2.38. The molecule has 0 aliphatic rings. The van der Waals surface area contributed by atoms with Gasteiger partial charge in [0.15, 0.2) is 0 Å². The zero-order chi connectivity index (χ0) is 13.8. The van der Waals surface area contributed by atoms with Crippen LogP contribution in [0.2, 0.25) is 5.02 Å². The average Bonchev–Trinajstić information content (AvgIpc) is 2.41. The van der Waals surface area contributed by atoms with Crippen molar-refractivity contribution in [1.29, 1.82) is 0 Å². The minimum Gasteiger partial charge on any atom is -0.306 e. The summed E-state index contributed by atoms with van der Waals surface area (Å²) in [4.78, 5) is 4.37. The van der Waals surface area contributed by atoms with Crippen molar-refractivity contribution in [3.8, 4) is 0 Å². The Morgan fingerprint density at radius 1 is 1.26 bits per heavy atom. The summed E-state index contributed by atoms with van der Waals surface area (Å²) in [6.07, 6.45) is 1.92. The van der Waals surface area contributed by atoms with E-state index in [0.717, 1.165) is 32.9 Å². The maximum atomic E-state index is 6.18. The van der Waals surface area contributed by atoms with Crippen molar-refractivity contribution in [1.82, 2.24) is 10.3 Å². The van der Waals surface area contributed by atoms with E-state index in [1.807, 2.05) is 31.3 Å². The Kier molecular flexibility index (Phi) is 4.97. The molecule has 0 fully saturated rings. The van der Waals surface area contributed by atoms with Gasteiger partial charge < -0.3 is 5.32 Å². The van der Waals surface area contributed by atoms with Crippen molar-refractivity contribution in [2.75, 3.05) is 6.54 Å². The molecule has 2 nitrogen and oxygen atoms in total. The average molecular weight is 340 g/mol. The van der Waals surface area contributed by atoms with Crippen LogP contribution in [0.5, 0.6) is 0 Å². The smallest absolute Gasteiger partial charge is 0.0592 e. The van der Waals surface area contributed by atoms with Crippen molar-refractivity contribution in [2.24, 2.45) is 0 Å². The van der Waals surface area contributed by atoms with E-state index in [2.05, 4.69) is 45.3 Å². The van der Waals surface area contributed by atoms with Crippen LogP contribution in [0.15, 0.2) is 41.0 Å². The number of nitrogens with zero attached hydrogens (tertiary/aromatic N) is 1. The highest BCUT2D eigenvalue weighted by Crippen LogP contribution is 2.28. The van der Waals surface area contributed by atoms with Crippen molar-refractivity contribution in [2.45, 2.75) is 19.9 Å². The topological polar surface area (TPSA) is 24.9 Å². The van der Waals surface area contributed by atoms with Crippen LogP contribution in [0.1, 0.15) is 29.8 Å². The summed E-state index contributed by atoms with van der Waals surface area (Å²) >= 11 is 9.60. The number of pyridine rings is 1. The molecule has 1 atom stereocenters. The van der Waals surface area contributed by atoms with Crippen LogP contribution >= 0.6 is 27.5 Å². The molecular weight excluding hydrogens is 324 g/mol. The van der Waals surface area contributed by atoms with Crippen molar-refractivity contribution in [3.05, 3.63) is 62.8 Å². The van der Waals surface area contributed by atoms with E-state index in [4.69, 9.17) is 11.6 Å². The zero-order valence-electron chi connectivity index (χ0n) is 11.0. The molecule has 0 radical (unpaired) electrons. The number of hydrogen-bond donors (Lipinski definition) is 1. The SMILES string of the molecule is CCNC(c1ccc(C)nc1)c1ccc(Br)c(Cl)c1. The molecule has 1 heterocycles. The van der Waals surface area contributed by atoms with E-state index in [1.54, 1.807) is 0 Å². The van der Waals surface area contributed by atoms with Gasteiger partial charge >= 0.3 is 0 Å². The van der Waals surface area contributed by atoms with Crippen LogP contribution in [-0.2, 0) is 0 Å². The Bertz CT molecular complexity index is 555. The van der Waals surface area contributed by atoms with Crippen LogP contribution in [0.4, 0.5) is 0 Å². The molecule has 19 heavy (non-hydrogen) atoms. The molecule has 1 aromatic heterocycles. The summed E-state index contributed by atoms with van der Waals surface area (Å²) in [7, 11) is 0. The second-order valence-electron chi connectivity index (χ2n) is 4.40. The highest BCUT2D eigenvalue weighted by Gasteiger charge is 2.14. The summed E-state index contributed by atoms with van der Waals surface area (Å²) in [5.41, 5.74) is 3.30. The summed E-state index contributed by atoms with van der Waals surface area (Å²) in [6, 6.07) is 10.3. The highest BCUT2D eigenvalue weighted by molar-refractivity contribution is 9.10. The first-order valence-corrected chi connectivity index (χ1v) is 7.39. The van der Waals surface area contributed by atoms with Crippen LogP contribution in [0, 0.1) is 6.92 Å². The maximum absolute atomic E-state index is 6.18. The number of halogens is 2. The molecule has 0 spiro atoms. The van der Waals surface area contributed by atoms with Gasteiger partial charge in [-0.25, -0.2) is 0 Å².